The minimum Gasteiger partial charge on any atom is -0.311 e. The number of rotatable bonds is 4. The molecule has 2 aliphatic heterocycles. The Morgan fingerprint density at radius 1 is 1.10 bits per heavy atom. The summed E-state index contributed by atoms with van der Waals surface area (Å²) in [6.45, 7) is 14.2. The molecule has 20 heavy (non-hydrogen) atoms. The van der Waals surface area contributed by atoms with Gasteiger partial charge in [-0.25, -0.2) is 0 Å². The molecule has 118 valence electrons. The quantitative estimate of drug-likeness (QED) is 0.828. The van der Waals surface area contributed by atoms with E-state index in [9.17, 15) is 0 Å². The van der Waals surface area contributed by atoms with Gasteiger partial charge in [-0.05, 0) is 26.4 Å². The normalized spacial score (nSPS) is 34.8. The first-order valence-electron chi connectivity index (χ1n) is 8.37. The van der Waals surface area contributed by atoms with Crippen molar-refractivity contribution >= 4 is 0 Å². The Kier molecular flexibility index (Phi) is 5.84. The van der Waals surface area contributed by atoms with Gasteiger partial charge in [0.2, 0.25) is 0 Å². The van der Waals surface area contributed by atoms with Crippen LogP contribution in [0.3, 0.4) is 0 Å². The minimum atomic E-state index is 0.657. The second kappa shape index (κ2) is 7.21. The molecule has 0 bridgehead atoms. The van der Waals surface area contributed by atoms with Gasteiger partial charge in [0.1, 0.15) is 0 Å². The van der Waals surface area contributed by atoms with Crippen LogP contribution < -0.4 is 5.32 Å². The molecular formula is C16H34N4. The van der Waals surface area contributed by atoms with Gasteiger partial charge in [0.15, 0.2) is 0 Å². The van der Waals surface area contributed by atoms with Gasteiger partial charge in [-0.2, -0.15) is 0 Å². The molecule has 2 fully saturated rings. The van der Waals surface area contributed by atoms with E-state index >= 15 is 0 Å². The first kappa shape index (κ1) is 16.2. The summed E-state index contributed by atoms with van der Waals surface area (Å²) in [5.74, 6) is 0.724. The van der Waals surface area contributed by atoms with Gasteiger partial charge in [-0.15, -0.1) is 0 Å². The van der Waals surface area contributed by atoms with E-state index in [-0.39, 0.29) is 0 Å². The summed E-state index contributed by atoms with van der Waals surface area (Å²) in [6.07, 6.45) is 1.25. The van der Waals surface area contributed by atoms with Crippen molar-refractivity contribution in [1.29, 1.82) is 0 Å². The Labute approximate surface area is 125 Å². The fourth-order valence-corrected chi connectivity index (χ4v) is 3.52. The smallest absolute Gasteiger partial charge is 0.0347 e. The molecule has 4 nitrogen and oxygen atoms in total. The lowest BCUT2D eigenvalue weighted by atomic mass is 9.97. The predicted octanol–water partition coefficient (Wildman–Crippen LogP) is 0.941. The van der Waals surface area contributed by atoms with E-state index in [1.165, 1.54) is 39.1 Å². The third-order valence-corrected chi connectivity index (χ3v) is 5.26. The lowest BCUT2D eigenvalue weighted by Gasteiger charge is -2.46. The molecule has 2 saturated heterocycles. The molecular weight excluding hydrogens is 248 g/mol. The van der Waals surface area contributed by atoms with Crippen molar-refractivity contribution in [3.8, 4) is 0 Å². The average Bonchev–Trinajstić information content (AvgIpc) is 2.42. The maximum absolute atomic E-state index is 3.74. The summed E-state index contributed by atoms with van der Waals surface area (Å²) >= 11 is 0. The van der Waals surface area contributed by atoms with Crippen LogP contribution in [0.25, 0.3) is 0 Å². The van der Waals surface area contributed by atoms with Crippen molar-refractivity contribution < 1.29 is 0 Å². The zero-order valence-corrected chi connectivity index (χ0v) is 14.1. The molecule has 3 unspecified atom stereocenters. The van der Waals surface area contributed by atoms with E-state index in [1.807, 2.05) is 0 Å². The van der Waals surface area contributed by atoms with Gasteiger partial charge in [-0.3, -0.25) is 9.80 Å². The first-order chi connectivity index (χ1) is 9.51. The standard InChI is InChI=1S/C16H34N4/c1-6-14-9-17-16(13(2)3)12-20(14)11-15-10-18(4)7-8-19(15)5/h13-17H,6-12H2,1-5H3. The third-order valence-electron chi connectivity index (χ3n) is 5.26. The van der Waals surface area contributed by atoms with E-state index < -0.39 is 0 Å². The van der Waals surface area contributed by atoms with E-state index in [4.69, 9.17) is 0 Å². The van der Waals surface area contributed by atoms with Gasteiger partial charge >= 0.3 is 0 Å². The van der Waals surface area contributed by atoms with Crippen molar-refractivity contribution in [3.05, 3.63) is 0 Å². The van der Waals surface area contributed by atoms with Crippen molar-refractivity contribution in [1.82, 2.24) is 20.0 Å². The Bertz CT molecular complexity index is 294. The minimum absolute atomic E-state index is 0.657. The van der Waals surface area contributed by atoms with E-state index in [1.54, 1.807) is 0 Å². The van der Waals surface area contributed by atoms with Crippen LogP contribution in [0.1, 0.15) is 27.2 Å². The maximum Gasteiger partial charge on any atom is 0.0347 e. The highest BCUT2D eigenvalue weighted by atomic mass is 15.3. The molecule has 0 radical (unpaired) electrons. The number of likely N-dealkylation sites (N-methyl/N-ethyl adjacent to an activating group) is 2. The van der Waals surface area contributed by atoms with E-state index in [2.05, 4.69) is 54.9 Å². The summed E-state index contributed by atoms with van der Waals surface area (Å²) in [5, 5.41) is 3.74. The SMILES string of the molecule is CCC1CNC(C(C)C)CN1CC1CN(C)CCN1C. The highest BCUT2D eigenvalue weighted by Gasteiger charge is 2.32. The molecule has 2 aliphatic rings. The van der Waals surface area contributed by atoms with Crippen LogP contribution in [-0.2, 0) is 0 Å². The molecule has 2 heterocycles. The Morgan fingerprint density at radius 2 is 1.85 bits per heavy atom. The van der Waals surface area contributed by atoms with Gasteiger partial charge in [0.05, 0.1) is 0 Å². The Hall–Kier alpha value is -0.160. The van der Waals surface area contributed by atoms with Crippen LogP contribution in [0.4, 0.5) is 0 Å². The third kappa shape index (κ3) is 3.94. The molecule has 3 atom stereocenters. The molecule has 2 rings (SSSR count). The molecule has 0 aromatic rings. The monoisotopic (exact) mass is 282 g/mol. The largest absolute Gasteiger partial charge is 0.311 e. The van der Waals surface area contributed by atoms with Gasteiger partial charge in [-0.1, -0.05) is 20.8 Å². The fourth-order valence-electron chi connectivity index (χ4n) is 3.52. The summed E-state index contributed by atoms with van der Waals surface area (Å²) in [4.78, 5) is 7.79. The van der Waals surface area contributed by atoms with Crippen LogP contribution in [-0.4, -0.2) is 86.2 Å². The van der Waals surface area contributed by atoms with Crippen LogP contribution in [0, 0.1) is 5.92 Å². The number of hydrogen-bond donors (Lipinski definition) is 1. The lowest BCUT2D eigenvalue weighted by molar-refractivity contribution is 0.0430. The molecule has 0 aromatic heterocycles. The zero-order valence-electron chi connectivity index (χ0n) is 14.1. The zero-order chi connectivity index (χ0) is 14.7. The van der Waals surface area contributed by atoms with Crippen molar-refractivity contribution in [2.75, 3.05) is 53.4 Å². The molecule has 1 N–H and O–H groups in total. The fraction of sp³-hybridized carbons (Fsp3) is 1.00. The summed E-state index contributed by atoms with van der Waals surface area (Å²) < 4.78 is 0. The number of nitrogens with zero attached hydrogens (tertiary/aromatic N) is 3. The second-order valence-electron chi connectivity index (χ2n) is 7.17. The number of piperazine rings is 2. The second-order valence-corrected chi connectivity index (χ2v) is 7.17. The number of hydrogen-bond acceptors (Lipinski definition) is 4. The van der Waals surface area contributed by atoms with Crippen molar-refractivity contribution in [3.63, 3.8) is 0 Å². The van der Waals surface area contributed by atoms with Crippen molar-refractivity contribution in [2.45, 2.75) is 45.3 Å². The van der Waals surface area contributed by atoms with Crippen LogP contribution in [0.2, 0.25) is 0 Å². The molecule has 0 aromatic carbocycles. The molecule has 0 aliphatic carbocycles. The molecule has 0 spiro atoms. The van der Waals surface area contributed by atoms with Crippen LogP contribution >= 0.6 is 0 Å². The summed E-state index contributed by atoms with van der Waals surface area (Å²) in [5.41, 5.74) is 0. The van der Waals surface area contributed by atoms with Crippen LogP contribution in [0.15, 0.2) is 0 Å². The van der Waals surface area contributed by atoms with Crippen LogP contribution in [0.5, 0.6) is 0 Å². The van der Waals surface area contributed by atoms with Gasteiger partial charge < -0.3 is 10.2 Å². The maximum atomic E-state index is 3.74. The van der Waals surface area contributed by atoms with Crippen molar-refractivity contribution in [2.24, 2.45) is 5.92 Å². The van der Waals surface area contributed by atoms with E-state index in [0.29, 0.717) is 18.1 Å². The topological polar surface area (TPSA) is 21.8 Å². The lowest BCUT2D eigenvalue weighted by Crippen LogP contribution is -2.62. The molecule has 4 heteroatoms. The summed E-state index contributed by atoms with van der Waals surface area (Å²) in [7, 11) is 4.55. The Morgan fingerprint density at radius 3 is 2.50 bits per heavy atom. The van der Waals surface area contributed by atoms with Gasteiger partial charge in [0.25, 0.3) is 0 Å². The Balaban J connectivity index is 1.96. The highest BCUT2D eigenvalue weighted by Crippen LogP contribution is 2.17. The van der Waals surface area contributed by atoms with E-state index in [0.717, 1.165) is 12.5 Å². The highest BCUT2D eigenvalue weighted by molar-refractivity contribution is 4.90. The molecule has 0 amide bonds. The summed E-state index contributed by atoms with van der Waals surface area (Å²) in [6, 6.07) is 2.06. The predicted molar refractivity (Wildman–Crippen MR) is 86.2 cm³/mol. The molecule has 0 saturated carbocycles. The number of nitrogens with one attached hydrogen (secondary N) is 1. The average molecular weight is 282 g/mol. The van der Waals surface area contributed by atoms with Gasteiger partial charge in [0, 0.05) is 57.4 Å². The first-order valence-corrected chi connectivity index (χ1v) is 8.37.